The number of piperidine rings is 1. The minimum Gasteiger partial charge on any atom is -0.334 e. The lowest BCUT2D eigenvalue weighted by atomic mass is 10.1. The van der Waals surface area contributed by atoms with Crippen LogP contribution >= 0.6 is 15.9 Å². The van der Waals surface area contributed by atoms with E-state index in [1.165, 1.54) is 0 Å². The lowest BCUT2D eigenvalue weighted by molar-refractivity contribution is 0.237. The van der Waals surface area contributed by atoms with Gasteiger partial charge in [-0.15, -0.1) is 0 Å². The zero-order valence-electron chi connectivity index (χ0n) is 16.4. The molecule has 1 heterocycles. The van der Waals surface area contributed by atoms with Gasteiger partial charge in [-0.3, -0.25) is 0 Å². The van der Waals surface area contributed by atoms with Gasteiger partial charge in [0.2, 0.25) is 10.0 Å². The maximum Gasteiger partial charge on any atom is 0.315 e. The van der Waals surface area contributed by atoms with E-state index < -0.39 is 10.0 Å². The van der Waals surface area contributed by atoms with E-state index in [4.69, 9.17) is 0 Å². The van der Waals surface area contributed by atoms with Crippen molar-refractivity contribution in [2.75, 3.05) is 13.1 Å². The molecule has 0 bridgehead atoms. The number of rotatable bonds is 6. The zero-order chi connectivity index (χ0) is 20.9. The van der Waals surface area contributed by atoms with Gasteiger partial charge in [-0.2, -0.15) is 4.31 Å². The standard InChI is InChI=1S/C21H26BrN3O3S/c1-16(19-7-3-4-8-20(19)22)24-21(26)23-15-17-9-11-18(12-10-17)29(27,28)25-13-5-2-6-14-25/h3-4,7-12,16H,2,5-6,13-15H2,1H3,(H2,23,24,26)/t16-/m0/s1. The van der Waals surface area contributed by atoms with Crippen molar-refractivity contribution in [1.29, 1.82) is 0 Å². The van der Waals surface area contributed by atoms with Gasteiger partial charge in [0.1, 0.15) is 0 Å². The Morgan fingerprint density at radius 2 is 1.72 bits per heavy atom. The van der Waals surface area contributed by atoms with Crippen molar-refractivity contribution >= 4 is 32.0 Å². The van der Waals surface area contributed by atoms with Crippen LogP contribution in [0.2, 0.25) is 0 Å². The molecule has 156 valence electrons. The third-order valence-corrected chi connectivity index (χ3v) is 7.68. The smallest absolute Gasteiger partial charge is 0.315 e. The fourth-order valence-corrected chi connectivity index (χ4v) is 5.51. The van der Waals surface area contributed by atoms with Crippen molar-refractivity contribution in [3.8, 4) is 0 Å². The minimum absolute atomic E-state index is 0.150. The van der Waals surface area contributed by atoms with Crippen molar-refractivity contribution in [2.24, 2.45) is 0 Å². The summed E-state index contributed by atoms with van der Waals surface area (Å²) in [7, 11) is -3.43. The molecule has 2 amide bonds. The number of urea groups is 1. The molecule has 29 heavy (non-hydrogen) atoms. The predicted octanol–water partition coefficient (Wildman–Crippen LogP) is 4.18. The number of amides is 2. The fraction of sp³-hybridized carbons (Fsp3) is 0.381. The molecule has 1 aliphatic heterocycles. The van der Waals surface area contributed by atoms with Gasteiger partial charge >= 0.3 is 6.03 Å². The van der Waals surface area contributed by atoms with Crippen LogP contribution in [0.4, 0.5) is 4.79 Å². The van der Waals surface area contributed by atoms with E-state index in [0.29, 0.717) is 24.5 Å². The number of nitrogens with zero attached hydrogens (tertiary/aromatic N) is 1. The molecule has 0 spiro atoms. The molecule has 6 nitrogen and oxygen atoms in total. The molecular weight excluding hydrogens is 454 g/mol. The monoisotopic (exact) mass is 479 g/mol. The van der Waals surface area contributed by atoms with Crippen molar-refractivity contribution in [1.82, 2.24) is 14.9 Å². The van der Waals surface area contributed by atoms with E-state index in [0.717, 1.165) is 34.9 Å². The summed E-state index contributed by atoms with van der Waals surface area (Å²) >= 11 is 3.49. The number of halogens is 1. The molecule has 0 aliphatic carbocycles. The molecule has 0 saturated carbocycles. The van der Waals surface area contributed by atoms with Crippen LogP contribution < -0.4 is 10.6 Å². The Morgan fingerprint density at radius 3 is 2.38 bits per heavy atom. The van der Waals surface area contributed by atoms with Gasteiger partial charge < -0.3 is 10.6 Å². The number of sulfonamides is 1. The molecule has 2 aromatic carbocycles. The molecule has 1 saturated heterocycles. The van der Waals surface area contributed by atoms with Crippen molar-refractivity contribution < 1.29 is 13.2 Å². The first-order valence-electron chi connectivity index (χ1n) is 9.76. The second kappa shape index (κ2) is 9.73. The van der Waals surface area contributed by atoms with Crippen LogP contribution in [0.1, 0.15) is 43.4 Å². The van der Waals surface area contributed by atoms with Crippen LogP contribution in [-0.2, 0) is 16.6 Å². The summed E-state index contributed by atoms with van der Waals surface area (Å²) in [5, 5.41) is 5.72. The number of carbonyl (C=O) groups is 1. The molecule has 0 radical (unpaired) electrons. The molecule has 3 rings (SSSR count). The van der Waals surface area contributed by atoms with Crippen LogP contribution in [0.5, 0.6) is 0 Å². The van der Waals surface area contributed by atoms with E-state index >= 15 is 0 Å². The normalized spacial score (nSPS) is 16.2. The fourth-order valence-electron chi connectivity index (χ4n) is 3.37. The molecule has 1 fully saturated rings. The summed E-state index contributed by atoms with van der Waals surface area (Å²) in [6, 6.07) is 14.0. The first-order chi connectivity index (χ1) is 13.9. The lowest BCUT2D eigenvalue weighted by Gasteiger charge is -2.25. The highest BCUT2D eigenvalue weighted by Gasteiger charge is 2.25. The average Bonchev–Trinajstić information content (AvgIpc) is 2.73. The summed E-state index contributed by atoms with van der Waals surface area (Å²) in [4.78, 5) is 12.5. The highest BCUT2D eigenvalue weighted by Crippen LogP contribution is 2.23. The molecule has 1 aliphatic rings. The quantitative estimate of drug-likeness (QED) is 0.651. The number of hydrogen-bond donors (Lipinski definition) is 2. The van der Waals surface area contributed by atoms with Gasteiger partial charge in [0.05, 0.1) is 10.9 Å². The van der Waals surface area contributed by atoms with Gasteiger partial charge in [0, 0.05) is 24.1 Å². The van der Waals surface area contributed by atoms with Crippen molar-refractivity contribution in [3.05, 3.63) is 64.1 Å². The number of benzene rings is 2. The van der Waals surface area contributed by atoms with Crippen LogP contribution in [0.25, 0.3) is 0 Å². The Bertz CT molecular complexity index is 942. The summed E-state index contributed by atoms with van der Waals surface area (Å²) in [5.41, 5.74) is 1.83. The van der Waals surface area contributed by atoms with Gasteiger partial charge in [-0.25, -0.2) is 13.2 Å². The highest BCUT2D eigenvalue weighted by molar-refractivity contribution is 9.10. The third-order valence-electron chi connectivity index (χ3n) is 5.05. The number of nitrogens with one attached hydrogen (secondary N) is 2. The Hall–Kier alpha value is -1.90. The molecule has 1 atom stereocenters. The van der Waals surface area contributed by atoms with Crippen LogP contribution in [0, 0.1) is 0 Å². The van der Waals surface area contributed by atoms with Crippen molar-refractivity contribution in [3.63, 3.8) is 0 Å². The first kappa shape index (κ1) is 21.8. The van der Waals surface area contributed by atoms with Crippen LogP contribution in [0.3, 0.4) is 0 Å². The predicted molar refractivity (Wildman–Crippen MR) is 117 cm³/mol. The Kier molecular flexibility index (Phi) is 7.32. The second-order valence-electron chi connectivity index (χ2n) is 7.18. The van der Waals surface area contributed by atoms with E-state index in [9.17, 15) is 13.2 Å². The summed E-state index contributed by atoms with van der Waals surface area (Å²) in [6.45, 7) is 3.40. The average molecular weight is 480 g/mol. The molecule has 0 aromatic heterocycles. The van der Waals surface area contributed by atoms with E-state index in [1.54, 1.807) is 28.6 Å². The molecule has 8 heteroatoms. The van der Waals surface area contributed by atoms with Crippen LogP contribution in [0.15, 0.2) is 57.9 Å². The SMILES string of the molecule is C[C@H](NC(=O)NCc1ccc(S(=O)(=O)N2CCCCC2)cc1)c1ccccc1Br. The van der Waals surface area contributed by atoms with Gasteiger partial charge in [0.25, 0.3) is 0 Å². The Morgan fingerprint density at radius 1 is 1.07 bits per heavy atom. The maximum atomic E-state index is 12.7. The second-order valence-corrected chi connectivity index (χ2v) is 9.97. The Balaban J connectivity index is 1.54. The number of carbonyl (C=O) groups excluding carboxylic acids is 1. The largest absolute Gasteiger partial charge is 0.334 e. The van der Waals surface area contributed by atoms with Gasteiger partial charge in [-0.05, 0) is 49.1 Å². The van der Waals surface area contributed by atoms with E-state index in [2.05, 4.69) is 26.6 Å². The molecule has 2 aromatic rings. The zero-order valence-corrected chi connectivity index (χ0v) is 18.8. The lowest BCUT2D eigenvalue weighted by Crippen LogP contribution is -2.36. The van der Waals surface area contributed by atoms with Gasteiger partial charge in [0.15, 0.2) is 0 Å². The summed E-state index contributed by atoms with van der Waals surface area (Å²) < 4.78 is 27.9. The van der Waals surface area contributed by atoms with E-state index in [1.807, 2.05) is 31.2 Å². The first-order valence-corrected chi connectivity index (χ1v) is 12.0. The van der Waals surface area contributed by atoms with E-state index in [-0.39, 0.29) is 12.1 Å². The van der Waals surface area contributed by atoms with Crippen LogP contribution in [-0.4, -0.2) is 31.8 Å². The van der Waals surface area contributed by atoms with Crippen molar-refractivity contribution in [2.45, 2.75) is 43.7 Å². The molecule has 0 unspecified atom stereocenters. The summed E-state index contributed by atoms with van der Waals surface area (Å²) in [6.07, 6.45) is 2.90. The summed E-state index contributed by atoms with van der Waals surface area (Å²) in [5.74, 6) is 0. The Labute approximate surface area is 180 Å². The minimum atomic E-state index is -3.43. The highest BCUT2D eigenvalue weighted by atomic mass is 79.9. The third kappa shape index (κ3) is 5.58. The molecule has 2 N–H and O–H groups in total. The topological polar surface area (TPSA) is 78.5 Å². The number of hydrogen-bond acceptors (Lipinski definition) is 3. The van der Waals surface area contributed by atoms with Gasteiger partial charge in [-0.1, -0.05) is 52.7 Å². The maximum absolute atomic E-state index is 12.7. The molecular formula is C21H26BrN3O3S.